The van der Waals surface area contributed by atoms with E-state index < -0.39 is 0 Å². The van der Waals surface area contributed by atoms with Gasteiger partial charge in [0.15, 0.2) is 0 Å². The van der Waals surface area contributed by atoms with Crippen LogP contribution in [0.2, 0.25) is 0 Å². The van der Waals surface area contributed by atoms with E-state index in [0.29, 0.717) is 13.1 Å². The molecule has 0 heterocycles. The molecule has 0 amide bonds. The van der Waals surface area contributed by atoms with Crippen molar-refractivity contribution in [3.05, 3.63) is 0 Å². The highest BCUT2D eigenvalue weighted by Gasteiger charge is 1.79. The van der Waals surface area contributed by atoms with Crippen LogP contribution < -0.4 is 0 Å². The van der Waals surface area contributed by atoms with Gasteiger partial charge in [-0.1, -0.05) is 15.9 Å². The van der Waals surface area contributed by atoms with Gasteiger partial charge < -0.3 is 4.74 Å². The van der Waals surface area contributed by atoms with Crippen molar-refractivity contribution < 1.29 is 9.53 Å². The van der Waals surface area contributed by atoms with Gasteiger partial charge in [0, 0.05) is 5.33 Å². The van der Waals surface area contributed by atoms with Gasteiger partial charge in [-0.05, 0) is 6.42 Å². The van der Waals surface area contributed by atoms with E-state index in [2.05, 4.69) is 20.7 Å². The van der Waals surface area contributed by atoms with Gasteiger partial charge in [0.2, 0.25) is 0 Å². The van der Waals surface area contributed by atoms with Gasteiger partial charge in [0.1, 0.15) is 0 Å². The van der Waals surface area contributed by atoms with Crippen molar-refractivity contribution in [3.8, 4) is 0 Å². The van der Waals surface area contributed by atoms with Gasteiger partial charge in [0.25, 0.3) is 6.47 Å². The normalized spacial score (nSPS) is 8.14. The summed E-state index contributed by atoms with van der Waals surface area (Å²) in [5, 5.41) is 0.890. The lowest BCUT2D eigenvalue weighted by atomic mass is 10.5. The first-order chi connectivity index (χ1) is 3.41. The molecule has 0 aliphatic rings. The Labute approximate surface area is 51.0 Å². The highest BCUT2D eigenvalue weighted by atomic mass is 79.9. The van der Waals surface area contributed by atoms with E-state index in [0.717, 1.165) is 11.8 Å². The molecule has 0 radical (unpaired) electrons. The summed E-state index contributed by atoms with van der Waals surface area (Å²) >= 11 is 3.18. The number of rotatable bonds is 4. The van der Waals surface area contributed by atoms with Crippen LogP contribution in [0.15, 0.2) is 0 Å². The Bertz CT molecular complexity index is 47.0. The van der Waals surface area contributed by atoms with Gasteiger partial charge in [-0.15, -0.1) is 0 Å². The first-order valence-electron chi connectivity index (χ1n) is 2.03. The summed E-state index contributed by atoms with van der Waals surface area (Å²) in [4.78, 5) is 9.44. The predicted molar refractivity (Wildman–Crippen MR) is 30.4 cm³/mol. The van der Waals surface area contributed by atoms with E-state index in [4.69, 9.17) is 0 Å². The minimum Gasteiger partial charge on any atom is -0.468 e. The van der Waals surface area contributed by atoms with E-state index in [1.165, 1.54) is 0 Å². The molecule has 0 aliphatic carbocycles. The fourth-order valence-electron chi connectivity index (χ4n) is 0.186. The van der Waals surface area contributed by atoms with Crippen molar-refractivity contribution in [1.82, 2.24) is 0 Å². The molecule has 3 heteroatoms. The Morgan fingerprint density at radius 3 is 2.86 bits per heavy atom. The molecule has 0 rings (SSSR count). The molecule has 0 bridgehead atoms. The smallest absolute Gasteiger partial charge is 0.293 e. The molecule has 0 saturated heterocycles. The molecule has 0 saturated carbocycles. The van der Waals surface area contributed by atoms with Gasteiger partial charge in [0.05, 0.1) is 6.61 Å². The van der Waals surface area contributed by atoms with Gasteiger partial charge >= 0.3 is 0 Å². The van der Waals surface area contributed by atoms with Gasteiger partial charge in [-0.3, -0.25) is 4.79 Å². The third kappa shape index (κ3) is 5.95. The average Bonchev–Trinajstić information content (AvgIpc) is 1.69. The van der Waals surface area contributed by atoms with E-state index in [1.807, 2.05) is 0 Å². The first kappa shape index (κ1) is 6.95. The number of carbonyl (C=O) groups is 1. The highest BCUT2D eigenvalue weighted by Crippen LogP contribution is 1.85. The molecule has 0 spiro atoms. The lowest BCUT2D eigenvalue weighted by Gasteiger charge is -1.90. The van der Waals surface area contributed by atoms with Gasteiger partial charge in [-0.2, -0.15) is 0 Å². The van der Waals surface area contributed by atoms with Crippen LogP contribution in [0, 0.1) is 0 Å². The summed E-state index contributed by atoms with van der Waals surface area (Å²) in [6.07, 6.45) is 0.888. The summed E-state index contributed by atoms with van der Waals surface area (Å²) in [6.45, 7) is 0.984. The zero-order chi connectivity index (χ0) is 5.54. The van der Waals surface area contributed by atoms with Crippen molar-refractivity contribution in [3.63, 3.8) is 0 Å². The maximum atomic E-state index is 9.44. The minimum atomic E-state index is 0.461. The summed E-state index contributed by atoms with van der Waals surface area (Å²) in [5.41, 5.74) is 0. The Balaban J connectivity index is 2.56. The molecule has 42 valence electrons. The van der Waals surface area contributed by atoms with Crippen LogP contribution in [-0.4, -0.2) is 18.4 Å². The summed E-state index contributed by atoms with van der Waals surface area (Å²) in [5.74, 6) is 0. The molecule has 0 unspecified atom stereocenters. The second-order valence-electron chi connectivity index (χ2n) is 1.01. The molecular weight excluding hydrogens is 160 g/mol. The monoisotopic (exact) mass is 166 g/mol. The summed E-state index contributed by atoms with van der Waals surface area (Å²) in [6, 6.07) is 0. The fourth-order valence-corrected chi connectivity index (χ4v) is 0.415. The van der Waals surface area contributed by atoms with Crippen LogP contribution in [0.4, 0.5) is 0 Å². The predicted octanol–water partition coefficient (Wildman–Crippen LogP) is 0.944. The molecule has 0 aromatic heterocycles. The molecule has 0 fully saturated rings. The largest absolute Gasteiger partial charge is 0.468 e. The number of carbonyl (C=O) groups excluding carboxylic acids is 1. The molecule has 0 atom stereocenters. The van der Waals surface area contributed by atoms with Crippen molar-refractivity contribution in [2.24, 2.45) is 0 Å². The van der Waals surface area contributed by atoms with Crippen LogP contribution in [0.5, 0.6) is 0 Å². The Hall–Kier alpha value is -0.0500. The summed E-state index contributed by atoms with van der Waals surface area (Å²) < 4.78 is 4.36. The minimum absolute atomic E-state index is 0.461. The number of hydrogen-bond acceptors (Lipinski definition) is 2. The fraction of sp³-hybridized carbons (Fsp3) is 0.750. The zero-order valence-corrected chi connectivity index (χ0v) is 5.48. The maximum Gasteiger partial charge on any atom is 0.293 e. The van der Waals surface area contributed by atoms with Gasteiger partial charge in [-0.25, -0.2) is 0 Å². The Kier molecular flexibility index (Phi) is 5.91. The molecule has 0 N–H and O–H groups in total. The Morgan fingerprint density at radius 1 is 1.71 bits per heavy atom. The van der Waals surface area contributed by atoms with Crippen LogP contribution in [0.3, 0.4) is 0 Å². The summed E-state index contributed by atoms with van der Waals surface area (Å²) in [7, 11) is 0. The van der Waals surface area contributed by atoms with Crippen LogP contribution in [0.1, 0.15) is 6.42 Å². The third-order valence-corrected chi connectivity index (χ3v) is 1.02. The molecule has 0 aromatic rings. The lowest BCUT2D eigenvalue weighted by Crippen LogP contribution is -1.90. The second-order valence-corrected chi connectivity index (χ2v) is 1.80. The SMILES string of the molecule is O=COCCCBr. The number of ether oxygens (including phenoxy) is 1. The van der Waals surface area contributed by atoms with Crippen molar-refractivity contribution >= 4 is 22.4 Å². The third-order valence-electron chi connectivity index (χ3n) is 0.464. The second kappa shape index (κ2) is 5.95. The van der Waals surface area contributed by atoms with Crippen LogP contribution in [0.25, 0.3) is 0 Å². The van der Waals surface area contributed by atoms with Crippen molar-refractivity contribution in [1.29, 1.82) is 0 Å². The number of hydrogen-bond donors (Lipinski definition) is 0. The van der Waals surface area contributed by atoms with Crippen molar-refractivity contribution in [2.75, 3.05) is 11.9 Å². The Morgan fingerprint density at radius 2 is 2.43 bits per heavy atom. The van der Waals surface area contributed by atoms with E-state index >= 15 is 0 Å². The lowest BCUT2D eigenvalue weighted by molar-refractivity contribution is -0.128. The molecule has 7 heavy (non-hydrogen) atoms. The van der Waals surface area contributed by atoms with E-state index in [-0.39, 0.29) is 0 Å². The standard InChI is InChI=1S/C4H7BrO2/c5-2-1-3-7-4-6/h4H,1-3H2. The quantitative estimate of drug-likeness (QED) is 0.354. The maximum absolute atomic E-state index is 9.44. The van der Waals surface area contributed by atoms with E-state index in [9.17, 15) is 4.79 Å². The van der Waals surface area contributed by atoms with E-state index in [1.54, 1.807) is 0 Å². The van der Waals surface area contributed by atoms with Crippen molar-refractivity contribution in [2.45, 2.75) is 6.42 Å². The van der Waals surface area contributed by atoms with Crippen LogP contribution in [-0.2, 0) is 9.53 Å². The molecule has 0 aliphatic heterocycles. The molecule has 0 aromatic carbocycles. The first-order valence-corrected chi connectivity index (χ1v) is 3.15. The molecule has 2 nitrogen and oxygen atoms in total. The van der Waals surface area contributed by atoms with Crippen LogP contribution >= 0.6 is 15.9 Å². The molecular formula is C4H7BrO2. The topological polar surface area (TPSA) is 26.3 Å². The highest BCUT2D eigenvalue weighted by molar-refractivity contribution is 9.09. The zero-order valence-electron chi connectivity index (χ0n) is 3.89. The average molecular weight is 167 g/mol. The number of halogens is 1. The number of alkyl halides is 1.